The number of aromatic nitrogens is 2. The standard InChI is InChI=1S/C16H30N6O3S2.HI/c1-4-14-19-16(26-20-14)22-9-7-21(8-10-22)15(17-5-2)18-6-11-25-12-13-27(3,23)24;/h4-13H2,1-3H3,(H,17,18);1H. The van der Waals surface area contributed by atoms with E-state index in [4.69, 9.17) is 4.74 Å². The molecule has 2 rings (SSSR count). The number of sulfone groups is 1. The maximum Gasteiger partial charge on any atom is 0.205 e. The van der Waals surface area contributed by atoms with Crippen LogP contribution in [0.3, 0.4) is 0 Å². The first kappa shape index (κ1) is 25.3. The number of nitrogens with zero attached hydrogens (tertiary/aromatic N) is 5. The molecule has 1 fully saturated rings. The zero-order valence-electron chi connectivity index (χ0n) is 16.8. The van der Waals surface area contributed by atoms with Gasteiger partial charge in [0.1, 0.15) is 15.7 Å². The Hall–Kier alpha value is -0.730. The average molecular weight is 547 g/mol. The van der Waals surface area contributed by atoms with Gasteiger partial charge in [0.25, 0.3) is 0 Å². The first-order valence-electron chi connectivity index (χ1n) is 9.29. The van der Waals surface area contributed by atoms with Crippen LogP contribution in [0.5, 0.6) is 0 Å². The van der Waals surface area contributed by atoms with Crippen LogP contribution in [0.1, 0.15) is 19.7 Å². The maximum atomic E-state index is 11.1. The molecule has 0 bridgehead atoms. The third-order valence-corrected chi connectivity index (χ3v) is 5.78. The molecule has 0 atom stereocenters. The van der Waals surface area contributed by atoms with Crippen molar-refractivity contribution in [3.05, 3.63) is 5.82 Å². The summed E-state index contributed by atoms with van der Waals surface area (Å²) in [5, 5.41) is 4.31. The molecule has 1 aliphatic heterocycles. The molecule has 162 valence electrons. The van der Waals surface area contributed by atoms with E-state index in [2.05, 4.69) is 36.4 Å². The number of aryl methyl sites for hydroxylation is 1. The normalized spacial score (nSPS) is 15.5. The van der Waals surface area contributed by atoms with Crippen molar-refractivity contribution in [1.82, 2.24) is 19.6 Å². The lowest BCUT2D eigenvalue weighted by molar-refractivity contribution is 0.157. The van der Waals surface area contributed by atoms with Crippen LogP contribution in [-0.4, -0.2) is 93.1 Å². The van der Waals surface area contributed by atoms with Crippen LogP contribution in [0.25, 0.3) is 0 Å². The minimum atomic E-state index is -2.98. The van der Waals surface area contributed by atoms with Gasteiger partial charge in [-0.25, -0.2) is 13.4 Å². The number of hydrogen-bond acceptors (Lipinski definition) is 8. The lowest BCUT2D eigenvalue weighted by atomic mass is 10.3. The van der Waals surface area contributed by atoms with Gasteiger partial charge in [-0.15, -0.1) is 24.0 Å². The maximum absolute atomic E-state index is 11.1. The van der Waals surface area contributed by atoms with Crippen LogP contribution in [-0.2, 0) is 21.0 Å². The molecule has 0 spiro atoms. The predicted molar refractivity (Wildman–Crippen MR) is 125 cm³/mol. The van der Waals surface area contributed by atoms with E-state index in [0.29, 0.717) is 13.2 Å². The van der Waals surface area contributed by atoms with Crippen molar-refractivity contribution in [1.29, 1.82) is 0 Å². The fraction of sp³-hybridized carbons (Fsp3) is 0.812. The molecule has 9 nitrogen and oxygen atoms in total. The van der Waals surface area contributed by atoms with Crippen molar-refractivity contribution in [2.24, 2.45) is 4.99 Å². The van der Waals surface area contributed by atoms with Gasteiger partial charge < -0.3 is 19.9 Å². The smallest absolute Gasteiger partial charge is 0.205 e. The molecule has 1 N–H and O–H groups in total. The molecule has 1 aromatic rings. The van der Waals surface area contributed by atoms with Crippen molar-refractivity contribution in [3.8, 4) is 0 Å². The van der Waals surface area contributed by atoms with Crippen molar-refractivity contribution < 1.29 is 13.2 Å². The average Bonchev–Trinajstić information content (AvgIpc) is 3.12. The Bertz CT molecular complexity index is 705. The number of ether oxygens (including phenoxy) is 1. The zero-order chi connectivity index (χ0) is 19.7. The fourth-order valence-corrected chi connectivity index (χ4v) is 3.80. The molecular formula is C16H31IN6O3S2. The Labute approximate surface area is 189 Å². The zero-order valence-corrected chi connectivity index (χ0v) is 20.7. The highest BCUT2D eigenvalue weighted by Crippen LogP contribution is 2.19. The highest BCUT2D eigenvalue weighted by molar-refractivity contribution is 14.0. The largest absolute Gasteiger partial charge is 0.378 e. The Morgan fingerprint density at radius 1 is 1.25 bits per heavy atom. The first-order valence-corrected chi connectivity index (χ1v) is 12.1. The Morgan fingerprint density at radius 2 is 1.96 bits per heavy atom. The number of guanidine groups is 1. The van der Waals surface area contributed by atoms with Crippen molar-refractivity contribution in [2.45, 2.75) is 20.3 Å². The summed E-state index contributed by atoms with van der Waals surface area (Å²) >= 11 is 1.46. The number of anilines is 1. The number of piperazine rings is 1. The van der Waals surface area contributed by atoms with Crippen molar-refractivity contribution >= 4 is 56.4 Å². The third-order valence-electron chi connectivity index (χ3n) is 4.05. The Balaban J connectivity index is 0.00000392. The SMILES string of the molecule is CCNC(=NCCOCCS(C)(=O)=O)N1CCN(c2nc(CC)ns2)CC1.I. The summed E-state index contributed by atoms with van der Waals surface area (Å²) in [6, 6.07) is 0. The number of rotatable bonds is 9. The number of aliphatic imine (C=N–C) groups is 1. The molecule has 1 saturated heterocycles. The summed E-state index contributed by atoms with van der Waals surface area (Å²) in [4.78, 5) is 13.7. The van der Waals surface area contributed by atoms with Gasteiger partial charge in [0.15, 0.2) is 5.96 Å². The lowest BCUT2D eigenvalue weighted by Crippen LogP contribution is -2.52. The molecule has 1 aromatic heterocycles. The minimum Gasteiger partial charge on any atom is -0.378 e. The van der Waals surface area contributed by atoms with Crippen LogP contribution in [0.15, 0.2) is 4.99 Å². The van der Waals surface area contributed by atoms with Gasteiger partial charge in [-0.1, -0.05) is 6.92 Å². The van der Waals surface area contributed by atoms with E-state index in [-0.39, 0.29) is 36.3 Å². The highest BCUT2D eigenvalue weighted by Gasteiger charge is 2.21. The van der Waals surface area contributed by atoms with Gasteiger partial charge in [-0.2, -0.15) is 4.37 Å². The van der Waals surface area contributed by atoms with Gasteiger partial charge in [0.05, 0.1) is 25.5 Å². The van der Waals surface area contributed by atoms with E-state index >= 15 is 0 Å². The number of halogens is 1. The second-order valence-electron chi connectivity index (χ2n) is 6.30. The van der Waals surface area contributed by atoms with E-state index in [1.165, 1.54) is 17.8 Å². The summed E-state index contributed by atoms with van der Waals surface area (Å²) in [5.41, 5.74) is 0. The van der Waals surface area contributed by atoms with Crippen molar-refractivity contribution in [3.63, 3.8) is 0 Å². The van der Waals surface area contributed by atoms with Crippen molar-refractivity contribution in [2.75, 3.05) is 69.4 Å². The van der Waals surface area contributed by atoms with E-state index in [1.807, 2.05) is 6.92 Å². The van der Waals surface area contributed by atoms with E-state index in [9.17, 15) is 8.42 Å². The Kier molecular flexibility index (Phi) is 11.5. The van der Waals surface area contributed by atoms with Gasteiger partial charge in [-0.3, -0.25) is 4.99 Å². The summed E-state index contributed by atoms with van der Waals surface area (Å²) in [6.07, 6.45) is 2.07. The van der Waals surface area contributed by atoms with Crippen LogP contribution in [0.4, 0.5) is 5.13 Å². The number of nitrogens with one attached hydrogen (secondary N) is 1. The molecule has 12 heteroatoms. The molecule has 28 heavy (non-hydrogen) atoms. The molecule has 0 unspecified atom stereocenters. The summed E-state index contributed by atoms with van der Waals surface area (Å²) in [7, 11) is -2.98. The first-order chi connectivity index (χ1) is 12.9. The molecule has 0 amide bonds. The molecular weight excluding hydrogens is 515 g/mol. The molecule has 0 aromatic carbocycles. The molecule has 1 aliphatic rings. The topological polar surface area (TPSA) is 100 Å². The monoisotopic (exact) mass is 546 g/mol. The Morgan fingerprint density at radius 3 is 2.54 bits per heavy atom. The van der Waals surface area contributed by atoms with Gasteiger partial charge in [-0.05, 0) is 6.92 Å². The molecule has 2 heterocycles. The number of hydrogen-bond donors (Lipinski definition) is 1. The van der Waals surface area contributed by atoms with Gasteiger partial charge in [0.2, 0.25) is 5.13 Å². The van der Waals surface area contributed by atoms with Crippen LogP contribution >= 0.6 is 35.5 Å². The summed E-state index contributed by atoms with van der Waals surface area (Å²) in [6.45, 7) is 9.52. The van der Waals surface area contributed by atoms with E-state index in [1.54, 1.807) is 0 Å². The molecule has 0 aliphatic carbocycles. The van der Waals surface area contributed by atoms with Crippen LogP contribution < -0.4 is 10.2 Å². The highest BCUT2D eigenvalue weighted by atomic mass is 127. The lowest BCUT2D eigenvalue weighted by Gasteiger charge is -2.36. The van der Waals surface area contributed by atoms with Crippen LogP contribution in [0.2, 0.25) is 0 Å². The summed E-state index contributed by atoms with van der Waals surface area (Å²) < 4.78 is 31.9. The second-order valence-corrected chi connectivity index (χ2v) is 9.29. The second kappa shape index (κ2) is 12.8. The van der Waals surface area contributed by atoms with E-state index < -0.39 is 9.84 Å². The molecule has 0 saturated carbocycles. The molecule has 0 radical (unpaired) electrons. The third kappa shape index (κ3) is 8.74. The van der Waals surface area contributed by atoms with Gasteiger partial charge in [0, 0.05) is 56.9 Å². The quantitative estimate of drug-likeness (QED) is 0.211. The predicted octanol–water partition coefficient (Wildman–Crippen LogP) is 0.867. The minimum absolute atomic E-state index is 0. The van der Waals surface area contributed by atoms with Crippen LogP contribution in [0, 0.1) is 0 Å². The summed E-state index contributed by atoms with van der Waals surface area (Å²) in [5.74, 6) is 1.82. The fourth-order valence-electron chi connectivity index (χ4n) is 2.58. The van der Waals surface area contributed by atoms with E-state index in [0.717, 1.165) is 56.1 Å². The van der Waals surface area contributed by atoms with Gasteiger partial charge >= 0.3 is 0 Å².